The number of carbonyl (C=O) groups excluding carboxylic acids is 1. The number of halogens is 1. The van der Waals surface area contributed by atoms with Gasteiger partial charge in [0.1, 0.15) is 0 Å². The van der Waals surface area contributed by atoms with E-state index in [4.69, 9.17) is 11.6 Å². The number of amides is 1. The van der Waals surface area contributed by atoms with E-state index >= 15 is 0 Å². The monoisotopic (exact) mass is 312 g/mol. The Morgan fingerprint density at radius 2 is 1.82 bits per heavy atom. The van der Waals surface area contributed by atoms with Crippen LogP contribution in [0.1, 0.15) is 15.9 Å². The zero-order valence-corrected chi connectivity index (χ0v) is 13.3. The van der Waals surface area contributed by atoms with E-state index in [1.54, 1.807) is 24.3 Å². The second-order valence-corrected chi connectivity index (χ2v) is 5.31. The molecular formula is C18H17ClN2O. The van der Waals surface area contributed by atoms with Gasteiger partial charge in [0.25, 0.3) is 5.91 Å². The average Bonchev–Trinajstić information content (AvgIpc) is 2.52. The maximum atomic E-state index is 11.9. The van der Waals surface area contributed by atoms with Crippen molar-refractivity contribution in [1.29, 1.82) is 0 Å². The molecule has 0 aliphatic heterocycles. The van der Waals surface area contributed by atoms with Crippen LogP contribution in [0.4, 0.5) is 5.69 Å². The van der Waals surface area contributed by atoms with Gasteiger partial charge in [-0.15, -0.1) is 0 Å². The topological polar surface area (TPSA) is 32.3 Å². The zero-order valence-electron chi connectivity index (χ0n) is 12.6. The van der Waals surface area contributed by atoms with Crippen LogP contribution < -0.4 is 10.2 Å². The van der Waals surface area contributed by atoms with Crippen molar-refractivity contribution in [3.05, 3.63) is 64.7 Å². The predicted octanol–water partition coefficient (Wildman–Crippen LogP) is 3.19. The molecule has 0 aliphatic rings. The Hall–Kier alpha value is -2.44. The summed E-state index contributed by atoms with van der Waals surface area (Å²) in [5.74, 6) is 5.73. The molecule has 0 fully saturated rings. The van der Waals surface area contributed by atoms with Crippen LogP contribution in [0.5, 0.6) is 0 Å². The van der Waals surface area contributed by atoms with E-state index in [2.05, 4.69) is 17.2 Å². The maximum absolute atomic E-state index is 11.9. The number of benzene rings is 2. The van der Waals surface area contributed by atoms with E-state index < -0.39 is 0 Å². The number of nitrogens with one attached hydrogen (secondary N) is 1. The molecule has 0 atom stereocenters. The molecule has 0 saturated heterocycles. The highest BCUT2D eigenvalue weighted by molar-refractivity contribution is 6.33. The number of carbonyl (C=O) groups is 1. The Morgan fingerprint density at radius 3 is 2.45 bits per heavy atom. The minimum atomic E-state index is -0.220. The lowest BCUT2D eigenvalue weighted by molar-refractivity contribution is 0.0959. The molecule has 0 bridgehead atoms. The van der Waals surface area contributed by atoms with E-state index in [1.807, 2.05) is 43.3 Å². The van der Waals surface area contributed by atoms with Gasteiger partial charge >= 0.3 is 0 Å². The third kappa shape index (κ3) is 4.28. The van der Waals surface area contributed by atoms with E-state index in [0.29, 0.717) is 10.6 Å². The molecule has 4 heteroatoms. The zero-order chi connectivity index (χ0) is 15.9. The van der Waals surface area contributed by atoms with Crippen molar-refractivity contribution in [3.8, 4) is 11.8 Å². The first-order chi connectivity index (χ1) is 10.6. The van der Waals surface area contributed by atoms with Gasteiger partial charge in [-0.05, 0) is 36.4 Å². The van der Waals surface area contributed by atoms with Crippen LogP contribution in [0, 0.1) is 11.8 Å². The van der Waals surface area contributed by atoms with Crippen LogP contribution >= 0.6 is 11.6 Å². The summed E-state index contributed by atoms with van der Waals surface area (Å²) in [5.41, 5.74) is 2.50. The second kappa shape index (κ2) is 7.53. The normalized spacial score (nSPS) is 9.59. The van der Waals surface area contributed by atoms with Crippen molar-refractivity contribution in [1.82, 2.24) is 5.32 Å². The molecule has 0 aliphatic carbocycles. The molecule has 1 N–H and O–H groups in total. The highest BCUT2D eigenvalue weighted by atomic mass is 35.5. The Kier molecular flexibility index (Phi) is 5.46. The van der Waals surface area contributed by atoms with Crippen LogP contribution in [-0.2, 0) is 0 Å². The standard InChI is InChI=1S/C18H17ClN2O/c1-21(2)15-11-9-14(10-12-15)6-5-13-20-18(22)16-7-3-4-8-17(16)19/h3-4,7-12H,13H2,1-2H3,(H,20,22). The first-order valence-electron chi connectivity index (χ1n) is 6.87. The number of rotatable bonds is 3. The summed E-state index contributed by atoms with van der Waals surface area (Å²) in [6.45, 7) is 0.277. The molecule has 0 unspecified atom stereocenters. The van der Waals surface area contributed by atoms with Crippen LogP contribution in [-0.4, -0.2) is 26.5 Å². The summed E-state index contributed by atoms with van der Waals surface area (Å²) < 4.78 is 0. The summed E-state index contributed by atoms with van der Waals surface area (Å²) in [6, 6.07) is 14.9. The number of nitrogens with zero attached hydrogens (tertiary/aromatic N) is 1. The maximum Gasteiger partial charge on any atom is 0.253 e. The molecule has 2 aromatic carbocycles. The summed E-state index contributed by atoms with van der Waals surface area (Å²) in [4.78, 5) is 14.0. The van der Waals surface area contributed by atoms with Crippen molar-refractivity contribution >= 4 is 23.2 Å². The van der Waals surface area contributed by atoms with Gasteiger partial charge in [-0.3, -0.25) is 4.79 Å². The van der Waals surface area contributed by atoms with Crippen LogP contribution in [0.15, 0.2) is 48.5 Å². The molecular weight excluding hydrogens is 296 g/mol. The average molecular weight is 313 g/mol. The van der Waals surface area contributed by atoms with Gasteiger partial charge in [-0.2, -0.15) is 0 Å². The molecule has 22 heavy (non-hydrogen) atoms. The fraction of sp³-hybridized carbons (Fsp3) is 0.167. The molecule has 0 radical (unpaired) electrons. The first-order valence-corrected chi connectivity index (χ1v) is 7.24. The smallest absolute Gasteiger partial charge is 0.253 e. The van der Waals surface area contributed by atoms with Crippen molar-refractivity contribution in [2.24, 2.45) is 0 Å². The molecule has 1 amide bonds. The highest BCUT2D eigenvalue weighted by Crippen LogP contribution is 2.14. The lowest BCUT2D eigenvalue weighted by Crippen LogP contribution is -2.23. The fourth-order valence-electron chi connectivity index (χ4n) is 1.85. The van der Waals surface area contributed by atoms with Gasteiger partial charge in [0.2, 0.25) is 0 Å². The largest absolute Gasteiger partial charge is 0.378 e. The Morgan fingerprint density at radius 1 is 1.14 bits per heavy atom. The van der Waals surface area contributed by atoms with E-state index in [0.717, 1.165) is 11.3 Å². The second-order valence-electron chi connectivity index (χ2n) is 4.91. The Labute approximate surface area is 135 Å². The molecule has 112 valence electrons. The Bertz CT molecular complexity index is 712. The van der Waals surface area contributed by atoms with Crippen molar-refractivity contribution in [2.75, 3.05) is 25.5 Å². The van der Waals surface area contributed by atoms with Gasteiger partial charge in [-0.25, -0.2) is 0 Å². The van der Waals surface area contributed by atoms with Gasteiger partial charge < -0.3 is 10.2 Å². The van der Waals surface area contributed by atoms with Crippen LogP contribution in [0.25, 0.3) is 0 Å². The van der Waals surface area contributed by atoms with Gasteiger partial charge in [0.15, 0.2) is 0 Å². The SMILES string of the molecule is CN(C)c1ccc(C#CCNC(=O)c2ccccc2Cl)cc1. The number of hydrogen-bond donors (Lipinski definition) is 1. The minimum absolute atomic E-state index is 0.220. The quantitative estimate of drug-likeness (QED) is 0.883. The summed E-state index contributed by atoms with van der Waals surface area (Å²) in [5, 5.41) is 3.17. The minimum Gasteiger partial charge on any atom is -0.378 e. The number of hydrogen-bond acceptors (Lipinski definition) is 2. The van der Waals surface area contributed by atoms with Gasteiger partial charge in [0, 0.05) is 25.3 Å². The van der Waals surface area contributed by atoms with E-state index in [1.165, 1.54) is 0 Å². The van der Waals surface area contributed by atoms with Crippen LogP contribution in [0.2, 0.25) is 5.02 Å². The van der Waals surface area contributed by atoms with Crippen molar-refractivity contribution in [3.63, 3.8) is 0 Å². The van der Waals surface area contributed by atoms with Gasteiger partial charge in [0.05, 0.1) is 17.1 Å². The van der Waals surface area contributed by atoms with E-state index in [-0.39, 0.29) is 12.5 Å². The van der Waals surface area contributed by atoms with Crippen molar-refractivity contribution in [2.45, 2.75) is 0 Å². The molecule has 0 spiro atoms. The predicted molar refractivity (Wildman–Crippen MR) is 91.4 cm³/mol. The lowest BCUT2D eigenvalue weighted by Gasteiger charge is -2.11. The third-order valence-corrected chi connectivity index (χ3v) is 3.40. The third-order valence-electron chi connectivity index (χ3n) is 3.07. The molecule has 2 rings (SSSR count). The highest BCUT2D eigenvalue weighted by Gasteiger charge is 2.07. The van der Waals surface area contributed by atoms with Crippen molar-refractivity contribution < 1.29 is 4.79 Å². The summed E-state index contributed by atoms with van der Waals surface area (Å²) in [6.07, 6.45) is 0. The molecule has 0 saturated carbocycles. The lowest BCUT2D eigenvalue weighted by atomic mass is 10.2. The first kappa shape index (κ1) is 15.9. The number of anilines is 1. The summed E-state index contributed by atoms with van der Waals surface area (Å²) in [7, 11) is 3.98. The van der Waals surface area contributed by atoms with E-state index in [9.17, 15) is 4.79 Å². The Balaban J connectivity index is 1.92. The molecule has 3 nitrogen and oxygen atoms in total. The summed E-state index contributed by atoms with van der Waals surface area (Å²) >= 11 is 5.97. The fourth-order valence-corrected chi connectivity index (χ4v) is 2.08. The molecule has 0 aromatic heterocycles. The van der Waals surface area contributed by atoms with Crippen LogP contribution in [0.3, 0.4) is 0 Å². The molecule has 2 aromatic rings. The van der Waals surface area contributed by atoms with Gasteiger partial charge in [-0.1, -0.05) is 35.6 Å². The molecule has 0 heterocycles.